The number of ether oxygens (including phenoxy) is 1. The Bertz CT molecular complexity index is 1160. The maximum absolute atomic E-state index is 15.3. The molecule has 0 radical (unpaired) electrons. The molecule has 2 heterocycles. The van der Waals surface area contributed by atoms with Gasteiger partial charge in [-0.25, -0.2) is 9.18 Å². The summed E-state index contributed by atoms with van der Waals surface area (Å²) in [6.07, 6.45) is 2.87. The van der Waals surface area contributed by atoms with Gasteiger partial charge in [0.25, 0.3) is 5.56 Å². The molecule has 1 aliphatic carbocycles. The Hall–Kier alpha value is -3.06. The molecule has 2 aromatic rings. The van der Waals surface area contributed by atoms with Crippen molar-refractivity contribution in [3.8, 4) is 11.8 Å². The summed E-state index contributed by atoms with van der Waals surface area (Å²) in [5, 5.41) is 12.2. The van der Waals surface area contributed by atoms with Crippen LogP contribution in [-0.2, 0) is 0 Å². The zero-order valence-corrected chi connectivity index (χ0v) is 17.7. The van der Waals surface area contributed by atoms with Gasteiger partial charge in [0, 0.05) is 25.2 Å². The lowest BCUT2D eigenvalue weighted by Crippen LogP contribution is -2.44. The summed E-state index contributed by atoms with van der Waals surface area (Å²) < 4.78 is 22.9. The second kappa shape index (κ2) is 8.23. The number of nitrogens with zero attached hydrogens (tertiary/aromatic N) is 4. The third-order valence-corrected chi connectivity index (χ3v) is 6.16. The first kappa shape index (κ1) is 21.2. The number of aromatic nitrogens is 2. The van der Waals surface area contributed by atoms with Crippen LogP contribution in [0.25, 0.3) is 10.9 Å². The fourth-order valence-corrected chi connectivity index (χ4v) is 4.38. The van der Waals surface area contributed by atoms with Crippen molar-refractivity contribution in [1.82, 2.24) is 14.6 Å². The number of benzene rings is 1. The van der Waals surface area contributed by atoms with Gasteiger partial charge in [0.05, 0.1) is 25.0 Å². The highest BCUT2D eigenvalue weighted by molar-refractivity contribution is 5.91. The van der Waals surface area contributed by atoms with Crippen molar-refractivity contribution >= 4 is 16.6 Å². The number of halogens is 1. The second-order valence-corrected chi connectivity index (χ2v) is 8.47. The molecule has 166 valence electrons. The van der Waals surface area contributed by atoms with E-state index in [1.165, 1.54) is 11.7 Å². The number of hydrogen-bond donors (Lipinski definition) is 2. The van der Waals surface area contributed by atoms with Crippen LogP contribution in [0.15, 0.2) is 15.7 Å². The van der Waals surface area contributed by atoms with Crippen molar-refractivity contribution in [2.45, 2.75) is 44.7 Å². The lowest BCUT2D eigenvalue weighted by Gasteiger charge is -2.24. The Kier molecular flexibility index (Phi) is 5.62. The SMILES string of the molecule is COc1c(N2CCC(CNC(C)CC#N)C2)c(F)cc2c(=O)n(N)c(=O)n(C3CC3)c12. The highest BCUT2D eigenvalue weighted by Gasteiger charge is 2.34. The third-order valence-electron chi connectivity index (χ3n) is 6.16. The number of nitriles is 1. The third kappa shape index (κ3) is 3.74. The van der Waals surface area contributed by atoms with Crippen molar-refractivity contribution in [2.75, 3.05) is 37.5 Å². The van der Waals surface area contributed by atoms with Crippen LogP contribution in [0, 0.1) is 23.1 Å². The summed E-state index contributed by atoms with van der Waals surface area (Å²) >= 11 is 0. The maximum Gasteiger partial charge on any atom is 0.350 e. The number of methoxy groups -OCH3 is 1. The predicted molar refractivity (Wildman–Crippen MR) is 115 cm³/mol. The van der Waals surface area contributed by atoms with Gasteiger partial charge in [-0.15, -0.1) is 0 Å². The van der Waals surface area contributed by atoms with Crippen LogP contribution in [0.1, 0.15) is 38.6 Å². The molecule has 1 saturated heterocycles. The fourth-order valence-electron chi connectivity index (χ4n) is 4.38. The molecular formula is C21H27FN6O3. The zero-order valence-electron chi connectivity index (χ0n) is 17.7. The van der Waals surface area contributed by atoms with Gasteiger partial charge in [0.15, 0.2) is 11.6 Å². The Balaban J connectivity index is 1.74. The molecule has 1 aromatic heterocycles. The van der Waals surface area contributed by atoms with E-state index in [-0.39, 0.29) is 34.8 Å². The molecule has 3 N–H and O–H groups in total. The number of anilines is 1. The van der Waals surface area contributed by atoms with E-state index in [0.717, 1.165) is 31.9 Å². The van der Waals surface area contributed by atoms with Crippen LogP contribution in [0.4, 0.5) is 10.1 Å². The van der Waals surface area contributed by atoms with Crippen LogP contribution in [0.2, 0.25) is 0 Å². The van der Waals surface area contributed by atoms with Crippen LogP contribution in [-0.4, -0.2) is 42.0 Å². The average molecular weight is 430 g/mol. The standard InChI is InChI=1S/C21H27FN6O3/c1-12(5-7-23)25-10-13-6-8-26(11-13)18-16(22)9-15-17(19(18)31-2)27(14-3-4-14)21(30)28(24)20(15)29/h9,12-14,25H,3-6,8,10-11,24H2,1-2H3. The lowest BCUT2D eigenvalue weighted by molar-refractivity contribution is 0.412. The maximum atomic E-state index is 15.3. The summed E-state index contributed by atoms with van der Waals surface area (Å²) in [7, 11) is 1.42. The molecule has 0 amide bonds. The van der Waals surface area contributed by atoms with Crippen molar-refractivity contribution in [3.63, 3.8) is 0 Å². The first-order valence-corrected chi connectivity index (χ1v) is 10.6. The largest absolute Gasteiger partial charge is 0.492 e. The van der Waals surface area contributed by atoms with Crippen molar-refractivity contribution < 1.29 is 9.13 Å². The molecule has 0 spiro atoms. The van der Waals surface area contributed by atoms with Crippen LogP contribution in [0.5, 0.6) is 5.75 Å². The predicted octanol–water partition coefficient (Wildman–Crippen LogP) is 1.08. The van der Waals surface area contributed by atoms with Gasteiger partial charge in [-0.1, -0.05) is 0 Å². The van der Waals surface area contributed by atoms with E-state index in [4.69, 9.17) is 15.8 Å². The molecule has 2 aliphatic rings. The molecular weight excluding hydrogens is 403 g/mol. The number of hydrogen-bond acceptors (Lipinski definition) is 7. The molecule has 0 bridgehead atoms. The average Bonchev–Trinajstić information content (AvgIpc) is 3.47. The quantitative estimate of drug-likeness (QED) is 0.631. The van der Waals surface area contributed by atoms with Gasteiger partial charge >= 0.3 is 5.69 Å². The number of nitrogen functional groups attached to an aromatic ring is 1. The molecule has 2 unspecified atom stereocenters. The van der Waals surface area contributed by atoms with Crippen LogP contribution in [0.3, 0.4) is 0 Å². The molecule has 4 rings (SSSR count). The second-order valence-electron chi connectivity index (χ2n) is 8.47. The number of nitrogens with one attached hydrogen (secondary N) is 1. The Labute approximate surface area is 178 Å². The normalized spacial score (nSPS) is 19.5. The van der Waals surface area contributed by atoms with E-state index >= 15 is 4.39 Å². The van der Waals surface area contributed by atoms with Gasteiger partial charge in [-0.3, -0.25) is 9.36 Å². The first-order valence-electron chi connectivity index (χ1n) is 10.6. The molecule has 2 atom stereocenters. The Morgan fingerprint density at radius 3 is 2.77 bits per heavy atom. The number of fused-ring (bicyclic) bond motifs is 1. The zero-order chi connectivity index (χ0) is 22.3. The van der Waals surface area contributed by atoms with Crippen molar-refractivity contribution in [2.24, 2.45) is 5.92 Å². The summed E-state index contributed by atoms with van der Waals surface area (Å²) in [5.74, 6) is 5.59. The van der Waals surface area contributed by atoms with E-state index < -0.39 is 17.1 Å². The molecule has 1 aromatic carbocycles. The summed E-state index contributed by atoms with van der Waals surface area (Å²) in [5.41, 5.74) is -0.783. The minimum absolute atomic E-state index is 0.0369. The van der Waals surface area contributed by atoms with Gasteiger partial charge in [0.1, 0.15) is 11.2 Å². The van der Waals surface area contributed by atoms with Crippen LogP contribution >= 0.6 is 0 Å². The summed E-state index contributed by atoms with van der Waals surface area (Å²) in [6.45, 7) is 3.91. The minimum Gasteiger partial charge on any atom is -0.492 e. The highest BCUT2D eigenvalue weighted by atomic mass is 19.1. The van der Waals surface area contributed by atoms with Gasteiger partial charge in [-0.2, -0.15) is 9.94 Å². The van der Waals surface area contributed by atoms with Crippen molar-refractivity contribution in [1.29, 1.82) is 5.26 Å². The van der Waals surface area contributed by atoms with E-state index in [2.05, 4.69) is 11.4 Å². The molecule has 1 aliphatic heterocycles. The van der Waals surface area contributed by atoms with Gasteiger partial charge in [-0.05, 0) is 44.7 Å². The Morgan fingerprint density at radius 1 is 1.39 bits per heavy atom. The fraction of sp³-hybridized carbons (Fsp3) is 0.571. The van der Waals surface area contributed by atoms with Gasteiger partial charge in [0.2, 0.25) is 0 Å². The molecule has 10 heteroatoms. The Morgan fingerprint density at radius 2 is 2.13 bits per heavy atom. The van der Waals surface area contributed by atoms with E-state index in [1.54, 1.807) is 0 Å². The number of nitrogens with two attached hydrogens (primary N) is 1. The van der Waals surface area contributed by atoms with Crippen LogP contribution < -0.4 is 32.0 Å². The van der Waals surface area contributed by atoms with E-state index in [0.29, 0.717) is 29.7 Å². The molecule has 1 saturated carbocycles. The molecule has 9 nitrogen and oxygen atoms in total. The molecule has 2 fully saturated rings. The summed E-state index contributed by atoms with van der Waals surface area (Å²) in [4.78, 5) is 27.2. The number of rotatable bonds is 7. The lowest BCUT2D eigenvalue weighted by atomic mass is 10.1. The molecule has 31 heavy (non-hydrogen) atoms. The topological polar surface area (TPSA) is 118 Å². The summed E-state index contributed by atoms with van der Waals surface area (Å²) in [6, 6.07) is 3.33. The van der Waals surface area contributed by atoms with Crippen molar-refractivity contribution in [3.05, 3.63) is 32.7 Å². The first-order chi connectivity index (χ1) is 14.9. The van der Waals surface area contributed by atoms with Gasteiger partial charge < -0.3 is 20.8 Å². The smallest absolute Gasteiger partial charge is 0.350 e. The van der Waals surface area contributed by atoms with E-state index in [1.807, 2.05) is 11.8 Å². The van der Waals surface area contributed by atoms with E-state index in [9.17, 15) is 9.59 Å². The highest BCUT2D eigenvalue weighted by Crippen LogP contribution is 2.43. The minimum atomic E-state index is -0.740. The monoisotopic (exact) mass is 430 g/mol.